The van der Waals surface area contributed by atoms with Crippen molar-refractivity contribution in [2.45, 2.75) is 12.1 Å². The lowest BCUT2D eigenvalue weighted by Gasteiger charge is -2.19. The van der Waals surface area contributed by atoms with E-state index in [2.05, 4.69) is 25.7 Å². The second-order valence-corrected chi connectivity index (χ2v) is 3.64. The number of hydrogen-bond acceptors (Lipinski definition) is 2. The monoisotopic (exact) mass is 305 g/mol. The lowest BCUT2D eigenvalue weighted by Crippen LogP contribution is -2.41. The zero-order valence-corrected chi connectivity index (χ0v) is 9.15. The molecule has 0 radical (unpaired) electrons. The first-order valence-electron chi connectivity index (χ1n) is 3.92. The van der Waals surface area contributed by atoms with Gasteiger partial charge in [0.05, 0.1) is 4.47 Å². The van der Waals surface area contributed by atoms with Crippen LogP contribution >= 0.6 is 15.9 Å². The van der Waals surface area contributed by atoms with Crippen molar-refractivity contribution in [1.29, 1.82) is 0 Å². The predicted molar refractivity (Wildman–Crippen MR) is 48.4 cm³/mol. The summed E-state index contributed by atoms with van der Waals surface area (Å²) in [4.78, 5) is 3.49. The Hall–Kier alpha value is -0.920. The van der Waals surface area contributed by atoms with Gasteiger partial charge in [-0.1, -0.05) is 0 Å². The number of aromatic nitrogens is 1. The van der Waals surface area contributed by atoms with E-state index in [9.17, 15) is 22.0 Å². The third kappa shape index (κ3) is 3.03. The van der Waals surface area contributed by atoms with Gasteiger partial charge < -0.3 is 4.74 Å². The summed E-state index contributed by atoms with van der Waals surface area (Å²) in [5.41, 5.74) is 0. The van der Waals surface area contributed by atoms with Gasteiger partial charge in [-0.05, 0) is 28.1 Å². The lowest BCUT2D eigenvalue weighted by atomic mass is 10.3. The Balaban J connectivity index is 2.69. The molecule has 90 valence electrons. The Kier molecular flexibility index (Phi) is 3.72. The van der Waals surface area contributed by atoms with Crippen LogP contribution in [0.3, 0.4) is 0 Å². The average Bonchev–Trinajstić information content (AvgIpc) is 2.15. The van der Waals surface area contributed by atoms with Crippen LogP contribution in [-0.2, 0) is 0 Å². The highest BCUT2D eigenvalue weighted by Crippen LogP contribution is 2.36. The fourth-order valence-electron chi connectivity index (χ4n) is 0.718. The lowest BCUT2D eigenvalue weighted by molar-refractivity contribution is -0.290. The molecule has 0 bridgehead atoms. The van der Waals surface area contributed by atoms with Gasteiger partial charge >= 0.3 is 12.1 Å². The molecule has 0 aliphatic heterocycles. The molecular formula is C8H5BrF5NO. The van der Waals surface area contributed by atoms with Crippen LogP contribution in [0.1, 0.15) is 0 Å². The highest BCUT2D eigenvalue weighted by Gasteiger charge is 2.58. The quantitative estimate of drug-likeness (QED) is 0.798. The van der Waals surface area contributed by atoms with E-state index in [0.717, 1.165) is 0 Å². The molecule has 0 atom stereocenters. The third-order valence-electron chi connectivity index (χ3n) is 1.53. The molecule has 0 spiro atoms. The molecule has 0 amide bonds. The maximum absolute atomic E-state index is 12.5. The Morgan fingerprint density at radius 3 is 2.38 bits per heavy atom. The molecule has 0 saturated heterocycles. The molecule has 0 saturated carbocycles. The first-order chi connectivity index (χ1) is 7.24. The molecular weight excluding hydrogens is 301 g/mol. The number of pyridine rings is 1. The molecule has 0 fully saturated rings. The molecule has 1 aromatic heterocycles. The molecule has 0 aliphatic rings. The van der Waals surface area contributed by atoms with Crippen LogP contribution in [0.4, 0.5) is 22.0 Å². The Morgan fingerprint density at radius 1 is 1.25 bits per heavy atom. The molecule has 0 unspecified atom stereocenters. The summed E-state index contributed by atoms with van der Waals surface area (Å²) in [7, 11) is 0. The second kappa shape index (κ2) is 4.52. The van der Waals surface area contributed by atoms with Crippen LogP contribution in [0.15, 0.2) is 22.8 Å². The molecule has 1 rings (SSSR count). The van der Waals surface area contributed by atoms with Crippen molar-refractivity contribution in [2.75, 3.05) is 6.61 Å². The first-order valence-corrected chi connectivity index (χ1v) is 4.71. The predicted octanol–water partition coefficient (Wildman–Crippen LogP) is 3.42. The third-order valence-corrected chi connectivity index (χ3v) is 2.13. The molecule has 2 nitrogen and oxygen atoms in total. The summed E-state index contributed by atoms with van der Waals surface area (Å²) < 4.78 is 64.7. The summed E-state index contributed by atoms with van der Waals surface area (Å²) in [6, 6.07) is 2.88. The van der Waals surface area contributed by atoms with E-state index in [1.165, 1.54) is 18.3 Å². The molecule has 16 heavy (non-hydrogen) atoms. The smallest absolute Gasteiger partial charge is 0.456 e. The average molecular weight is 306 g/mol. The molecule has 8 heteroatoms. The summed E-state index contributed by atoms with van der Waals surface area (Å²) in [5, 5.41) is 0. The van der Waals surface area contributed by atoms with E-state index < -0.39 is 18.7 Å². The maximum atomic E-state index is 12.5. The second-order valence-electron chi connectivity index (χ2n) is 2.78. The number of rotatable bonds is 3. The van der Waals surface area contributed by atoms with Crippen molar-refractivity contribution in [3.05, 3.63) is 22.8 Å². The van der Waals surface area contributed by atoms with Crippen molar-refractivity contribution in [3.8, 4) is 5.88 Å². The molecule has 0 aromatic carbocycles. The van der Waals surface area contributed by atoms with Gasteiger partial charge in [-0.15, -0.1) is 0 Å². The van der Waals surface area contributed by atoms with Gasteiger partial charge in [-0.2, -0.15) is 22.0 Å². The van der Waals surface area contributed by atoms with Crippen LogP contribution in [0.2, 0.25) is 0 Å². The van der Waals surface area contributed by atoms with Crippen LogP contribution in [0, 0.1) is 0 Å². The minimum absolute atomic E-state index is 0.202. The first kappa shape index (κ1) is 13.1. The Bertz CT molecular complexity index is 368. The summed E-state index contributed by atoms with van der Waals surface area (Å²) in [6.45, 7) is -1.80. The van der Waals surface area contributed by atoms with E-state index in [-0.39, 0.29) is 10.4 Å². The number of hydrogen-bond donors (Lipinski definition) is 0. The van der Waals surface area contributed by atoms with E-state index in [1.807, 2.05) is 0 Å². The molecule has 1 aromatic rings. The van der Waals surface area contributed by atoms with Crippen LogP contribution in [0.5, 0.6) is 5.88 Å². The van der Waals surface area contributed by atoms with Crippen molar-refractivity contribution in [1.82, 2.24) is 4.98 Å². The van der Waals surface area contributed by atoms with Gasteiger partial charge in [0.2, 0.25) is 5.88 Å². The zero-order valence-electron chi connectivity index (χ0n) is 7.56. The van der Waals surface area contributed by atoms with E-state index in [1.54, 1.807) is 0 Å². The van der Waals surface area contributed by atoms with Crippen molar-refractivity contribution in [3.63, 3.8) is 0 Å². The van der Waals surface area contributed by atoms with Gasteiger partial charge in [0, 0.05) is 6.20 Å². The number of ether oxygens (including phenoxy) is 1. The zero-order chi connectivity index (χ0) is 12.4. The van der Waals surface area contributed by atoms with E-state index >= 15 is 0 Å². The van der Waals surface area contributed by atoms with Crippen LogP contribution in [0.25, 0.3) is 0 Å². The highest BCUT2D eigenvalue weighted by atomic mass is 79.9. The fraction of sp³-hybridized carbons (Fsp3) is 0.375. The highest BCUT2D eigenvalue weighted by molar-refractivity contribution is 9.10. The SMILES string of the molecule is FC(F)(F)C(F)(F)COc1ncccc1Br. The Morgan fingerprint density at radius 2 is 1.88 bits per heavy atom. The van der Waals surface area contributed by atoms with Gasteiger partial charge in [0.15, 0.2) is 6.61 Å². The van der Waals surface area contributed by atoms with E-state index in [0.29, 0.717) is 0 Å². The molecule has 0 N–H and O–H groups in total. The van der Waals surface area contributed by atoms with Gasteiger partial charge in [0.25, 0.3) is 0 Å². The standard InChI is InChI=1S/C8H5BrF5NO/c9-5-2-1-3-15-6(5)16-4-7(10,11)8(12,13)14/h1-3H,4H2. The minimum Gasteiger partial charge on any atom is -0.470 e. The van der Waals surface area contributed by atoms with Crippen LogP contribution < -0.4 is 4.74 Å². The number of nitrogens with zero attached hydrogens (tertiary/aromatic N) is 1. The van der Waals surface area contributed by atoms with Crippen molar-refractivity contribution < 1.29 is 26.7 Å². The van der Waals surface area contributed by atoms with Crippen molar-refractivity contribution in [2.24, 2.45) is 0 Å². The summed E-state index contributed by atoms with van der Waals surface area (Å²) >= 11 is 2.90. The number of halogens is 6. The Labute approximate surface area is 95.6 Å². The van der Waals surface area contributed by atoms with Gasteiger partial charge in [0.1, 0.15) is 0 Å². The summed E-state index contributed by atoms with van der Waals surface area (Å²) in [6.07, 6.45) is -4.42. The van der Waals surface area contributed by atoms with Gasteiger partial charge in [-0.3, -0.25) is 0 Å². The molecule has 0 aliphatic carbocycles. The largest absolute Gasteiger partial charge is 0.470 e. The molecule has 1 heterocycles. The number of alkyl halides is 5. The normalized spacial score (nSPS) is 12.6. The van der Waals surface area contributed by atoms with Crippen molar-refractivity contribution >= 4 is 15.9 Å². The maximum Gasteiger partial charge on any atom is 0.456 e. The van der Waals surface area contributed by atoms with Crippen LogP contribution in [-0.4, -0.2) is 23.7 Å². The summed E-state index contributed by atoms with van der Waals surface area (Å²) in [5.74, 6) is -5.21. The van der Waals surface area contributed by atoms with E-state index in [4.69, 9.17) is 0 Å². The topological polar surface area (TPSA) is 22.1 Å². The fourth-order valence-corrected chi connectivity index (χ4v) is 1.09. The minimum atomic E-state index is -5.63. The van der Waals surface area contributed by atoms with Gasteiger partial charge in [-0.25, -0.2) is 4.98 Å².